The zero-order valence-electron chi connectivity index (χ0n) is 13.2. The van der Waals surface area contributed by atoms with Crippen molar-refractivity contribution in [1.29, 1.82) is 0 Å². The van der Waals surface area contributed by atoms with Crippen LogP contribution in [0.1, 0.15) is 15.9 Å². The number of anilines is 2. The average Bonchev–Trinajstić information content (AvgIpc) is 2.56. The molecular weight excluding hydrogens is 359 g/mol. The predicted molar refractivity (Wildman–Crippen MR) is 89.0 cm³/mol. The van der Waals surface area contributed by atoms with Gasteiger partial charge in [-0.15, -0.1) is 0 Å². The van der Waals surface area contributed by atoms with Crippen molar-refractivity contribution in [2.45, 2.75) is 6.18 Å². The number of amides is 1. The maximum atomic E-state index is 12.9. The number of hydrogen-bond donors (Lipinski definition) is 2. The predicted octanol–water partition coefficient (Wildman–Crippen LogP) is 4.06. The van der Waals surface area contributed by atoms with Gasteiger partial charge in [0.2, 0.25) is 0 Å². The maximum absolute atomic E-state index is 12.9. The first-order valence-corrected chi connectivity index (χ1v) is 7.56. The number of nitrogens with zero attached hydrogens (tertiary/aromatic N) is 1. The smallest absolute Gasteiger partial charge is 0.383 e. The highest BCUT2D eigenvalue weighted by molar-refractivity contribution is 6.31. The minimum absolute atomic E-state index is 0.00701. The Morgan fingerprint density at radius 2 is 2.04 bits per heavy atom. The van der Waals surface area contributed by atoms with E-state index in [0.29, 0.717) is 19.0 Å². The van der Waals surface area contributed by atoms with E-state index >= 15 is 0 Å². The second-order valence-electron chi connectivity index (χ2n) is 5.00. The lowest BCUT2D eigenvalue weighted by atomic mass is 10.1. The Kier molecular flexibility index (Phi) is 6.22. The van der Waals surface area contributed by atoms with Crippen LogP contribution < -0.4 is 10.6 Å². The van der Waals surface area contributed by atoms with E-state index in [4.69, 9.17) is 16.3 Å². The number of methoxy groups -OCH3 is 1. The summed E-state index contributed by atoms with van der Waals surface area (Å²) >= 11 is 5.56. The third kappa shape index (κ3) is 5.33. The molecule has 0 saturated heterocycles. The molecule has 5 nitrogen and oxygen atoms in total. The van der Waals surface area contributed by atoms with Crippen LogP contribution in [0.3, 0.4) is 0 Å². The van der Waals surface area contributed by atoms with Crippen molar-refractivity contribution >= 4 is 29.0 Å². The molecule has 0 spiro atoms. The Labute approximate surface area is 147 Å². The molecule has 0 saturated carbocycles. The van der Waals surface area contributed by atoms with Crippen molar-refractivity contribution in [2.24, 2.45) is 0 Å². The topological polar surface area (TPSA) is 63.2 Å². The highest BCUT2D eigenvalue weighted by atomic mass is 35.5. The van der Waals surface area contributed by atoms with Gasteiger partial charge in [-0.25, -0.2) is 4.98 Å². The minimum atomic E-state index is -4.60. The number of carbonyl (C=O) groups excluding carboxylic acids is 1. The summed E-state index contributed by atoms with van der Waals surface area (Å²) in [6.45, 7) is 0.962. The molecule has 2 rings (SSSR count). The molecule has 9 heteroatoms. The van der Waals surface area contributed by atoms with Gasteiger partial charge in [-0.1, -0.05) is 11.6 Å². The largest absolute Gasteiger partial charge is 0.417 e. The van der Waals surface area contributed by atoms with Crippen molar-refractivity contribution < 1.29 is 22.7 Å². The van der Waals surface area contributed by atoms with Gasteiger partial charge in [0.15, 0.2) is 0 Å². The fraction of sp³-hybridized carbons (Fsp3) is 0.250. The van der Waals surface area contributed by atoms with E-state index in [9.17, 15) is 18.0 Å². The number of halogens is 4. The normalized spacial score (nSPS) is 11.2. The first-order valence-electron chi connectivity index (χ1n) is 7.18. The van der Waals surface area contributed by atoms with Crippen molar-refractivity contribution in [1.82, 2.24) is 4.98 Å². The minimum Gasteiger partial charge on any atom is -0.383 e. The number of alkyl halides is 3. The molecule has 134 valence electrons. The van der Waals surface area contributed by atoms with Crippen molar-refractivity contribution in [3.05, 3.63) is 52.7 Å². The Hall–Kier alpha value is -2.32. The van der Waals surface area contributed by atoms with E-state index in [1.165, 1.54) is 24.4 Å². The van der Waals surface area contributed by atoms with E-state index in [0.717, 1.165) is 12.1 Å². The summed E-state index contributed by atoms with van der Waals surface area (Å²) in [7, 11) is 1.56. The number of aromatic nitrogens is 1. The quantitative estimate of drug-likeness (QED) is 0.749. The molecular formula is C16H15ClF3N3O2. The first kappa shape index (κ1) is 19.0. The number of nitrogens with one attached hydrogen (secondary N) is 2. The summed E-state index contributed by atoms with van der Waals surface area (Å²) in [6, 6.07) is 6.13. The van der Waals surface area contributed by atoms with Gasteiger partial charge in [-0.3, -0.25) is 4.79 Å². The maximum Gasteiger partial charge on any atom is 0.417 e. The van der Waals surface area contributed by atoms with Gasteiger partial charge in [0.25, 0.3) is 5.91 Å². The van der Waals surface area contributed by atoms with Gasteiger partial charge < -0.3 is 15.4 Å². The molecule has 1 heterocycles. The Balaban J connectivity index is 2.13. The Bertz CT molecular complexity index is 754. The standard InChI is InChI=1S/C16H15ClF3N3O2/c1-25-7-6-22-14-8-10(4-5-21-14)15(24)23-11-2-3-13(17)12(9-11)16(18,19)20/h2-5,8-9H,6-7H2,1H3,(H,21,22)(H,23,24). The Morgan fingerprint density at radius 1 is 1.28 bits per heavy atom. The van der Waals surface area contributed by atoms with Crippen molar-refractivity contribution in [3.8, 4) is 0 Å². The van der Waals surface area contributed by atoms with E-state index in [2.05, 4.69) is 15.6 Å². The van der Waals surface area contributed by atoms with Gasteiger partial charge in [0, 0.05) is 31.1 Å². The van der Waals surface area contributed by atoms with Crippen LogP contribution in [0.5, 0.6) is 0 Å². The molecule has 1 aromatic heterocycles. The lowest BCUT2D eigenvalue weighted by Crippen LogP contribution is -2.15. The van der Waals surface area contributed by atoms with Crippen LogP contribution in [-0.4, -0.2) is 31.2 Å². The van der Waals surface area contributed by atoms with E-state index in [-0.39, 0.29) is 11.3 Å². The average molecular weight is 374 g/mol. The van der Waals surface area contributed by atoms with Gasteiger partial charge in [0.1, 0.15) is 5.82 Å². The van der Waals surface area contributed by atoms with Crippen LogP contribution in [0.25, 0.3) is 0 Å². The third-order valence-corrected chi connectivity index (χ3v) is 3.49. The number of ether oxygens (including phenoxy) is 1. The molecule has 0 bridgehead atoms. The van der Waals surface area contributed by atoms with Gasteiger partial charge in [-0.2, -0.15) is 13.2 Å². The van der Waals surface area contributed by atoms with Crippen LogP contribution in [0.4, 0.5) is 24.7 Å². The zero-order chi connectivity index (χ0) is 18.4. The highest BCUT2D eigenvalue weighted by Gasteiger charge is 2.33. The molecule has 0 aliphatic heterocycles. The molecule has 0 unspecified atom stereocenters. The molecule has 25 heavy (non-hydrogen) atoms. The van der Waals surface area contributed by atoms with E-state index < -0.39 is 22.7 Å². The number of rotatable bonds is 6. The molecule has 2 N–H and O–H groups in total. The van der Waals surface area contributed by atoms with Crippen LogP contribution in [0.15, 0.2) is 36.5 Å². The lowest BCUT2D eigenvalue weighted by Gasteiger charge is -2.12. The van der Waals surface area contributed by atoms with Crippen LogP contribution in [0, 0.1) is 0 Å². The zero-order valence-corrected chi connectivity index (χ0v) is 13.9. The van der Waals surface area contributed by atoms with Crippen molar-refractivity contribution in [2.75, 3.05) is 30.9 Å². The summed E-state index contributed by atoms with van der Waals surface area (Å²) in [5.74, 6) is -0.107. The van der Waals surface area contributed by atoms with Crippen LogP contribution in [-0.2, 0) is 10.9 Å². The summed E-state index contributed by atoms with van der Waals surface area (Å²) in [5.41, 5.74) is -0.769. The Morgan fingerprint density at radius 3 is 2.72 bits per heavy atom. The summed E-state index contributed by atoms with van der Waals surface area (Å²) in [5, 5.41) is 4.94. The second-order valence-corrected chi connectivity index (χ2v) is 5.40. The lowest BCUT2D eigenvalue weighted by molar-refractivity contribution is -0.137. The van der Waals surface area contributed by atoms with Crippen LogP contribution >= 0.6 is 11.6 Å². The van der Waals surface area contributed by atoms with Crippen LogP contribution in [0.2, 0.25) is 5.02 Å². The molecule has 1 aromatic carbocycles. The summed E-state index contributed by atoms with van der Waals surface area (Å²) < 4.78 is 43.5. The number of benzene rings is 1. The molecule has 2 aromatic rings. The number of carbonyl (C=O) groups is 1. The number of pyridine rings is 1. The molecule has 0 atom stereocenters. The summed E-state index contributed by atoms with van der Waals surface area (Å²) in [6.07, 6.45) is -3.18. The van der Waals surface area contributed by atoms with E-state index in [1.807, 2.05) is 0 Å². The van der Waals surface area contributed by atoms with Gasteiger partial charge >= 0.3 is 6.18 Å². The number of hydrogen-bond acceptors (Lipinski definition) is 4. The van der Waals surface area contributed by atoms with Gasteiger partial charge in [-0.05, 0) is 30.3 Å². The summed E-state index contributed by atoms with van der Waals surface area (Å²) in [4.78, 5) is 16.3. The monoisotopic (exact) mass is 373 g/mol. The molecule has 0 aliphatic rings. The fourth-order valence-corrected chi connectivity index (χ4v) is 2.20. The highest BCUT2D eigenvalue weighted by Crippen LogP contribution is 2.36. The SMILES string of the molecule is COCCNc1cc(C(=O)Nc2ccc(Cl)c(C(F)(F)F)c2)ccn1. The second kappa shape index (κ2) is 8.17. The van der Waals surface area contributed by atoms with Gasteiger partial charge in [0.05, 0.1) is 17.2 Å². The fourth-order valence-electron chi connectivity index (χ4n) is 1.97. The molecule has 0 radical (unpaired) electrons. The molecule has 1 amide bonds. The third-order valence-electron chi connectivity index (χ3n) is 3.16. The first-order chi connectivity index (χ1) is 11.8. The van der Waals surface area contributed by atoms with E-state index in [1.54, 1.807) is 7.11 Å². The molecule has 0 fully saturated rings. The van der Waals surface area contributed by atoms with Crippen molar-refractivity contribution in [3.63, 3.8) is 0 Å². The molecule has 0 aliphatic carbocycles.